The molecular weight excluding hydrogens is 171 g/mol. The van der Waals surface area contributed by atoms with Gasteiger partial charge in [-0.2, -0.15) is 0 Å². The maximum Gasteiger partial charge on any atom is 0.305 e. The van der Waals surface area contributed by atoms with Crippen molar-refractivity contribution in [3.8, 4) is 0 Å². The van der Waals surface area contributed by atoms with Gasteiger partial charge in [-0.3, -0.25) is 4.79 Å². The van der Waals surface area contributed by atoms with E-state index in [4.69, 9.17) is 4.74 Å². The van der Waals surface area contributed by atoms with Gasteiger partial charge in [0.25, 0.3) is 0 Å². The average molecular weight is 190 g/mol. The molecule has 0 aromatic heterocycles. The molecule has 2 nitrogen and oxygen atoms in total. The van der Waals surface area contributed by atoms with E-state index in [1.54, 1.807) is 0 Å². The monoisotopic (exact) mass is 190 g/mol. The third kappa shape index (κ3) is 8.00. The first-order valence-electron chi connectivity index (χ1n) is 4.67. The molecule has 0 spiro atoms. The zero-order chi connectivity index (χ0) is 9.23. The lowest BCUT2D eigenvalue weighted by Crippen LogP contribution is -2.03. The topological polar surface area (TPSA) is 26.3 Å². The minimum Gasteiger partial charge on any atom is -0.466 e. The SMILES string of the molecule is CCOC(=O)CCCCCCP. The van der Waals surface area contributed by atoms with Gasteiger partial charge in [-0.05, 0) is 25.9 Å². The summed E-state index contributed by atoms with van der Waals surface area (Å²) in [5.74, 6) is -0.0524. The number of esters is 1. The molecule has 0 saturated carbocycles. The molecule has 0 bridgehead atoms. The van der Waals surface area contributed by atoms with Crippen molar-refractivity contribution in [2.75, 3.05) is 12.8 Å². The number of ether oxygens (including phenoxy) is 1. The lowest BCUT2D eigenvalue weighted by atomic mass is 10.1. The van der Waals surface area contributed by atoms with Gasteiger partial charge in [0.2, 0.25) is 0 Å². The largest absolute Gasteiger partial charge is 0.466 e. The van der Waals surface area contributed by atoms with E-state index in [9.17, 15) is 4.79 Å². The third-order valence-corrected chi connectivity index (χ3v) is 2.05. The van der Waals surface area contributed by atoms with Gasteiger partial charge in [0.15, 0.2) is 0 Å². The molecule has 0 rings (SSSR count). The zero-order valence-corrected chi connectivity index (χ0v) is 9.00. The second kappa shape index (κ2) is 8.99. The molecule has 1 unspecified atom stereocenters. The van der Waals surface area contributed by atoms with Gasteiger partial charge in [0.05, 0.1) is 6.61 Å². The number of hydrogen-bond donors (Lipinski definition) is 0. The first-order valence-corrected chi connectivity index (χ1v) is 5.48. The van der Waals surface area contributed by atoms with Crippen molar-refractivity contribution in [2.24, 2.45) is 0 Å². The maximum atomic E-state index is 10.8. The van der Waals surface area contributed by atoms with Crippen molar-refractivity contribution in [3.63, 3.8) is 0 Å². The molecular formula is C9H19O2P. The van der Waals surface area contributed by atoms with Crippen LogP contribution in [-0.4, -0.2) is 18.7 Å². The molecule has 1 atom stereocenters. The predicted molar refractivity (Wildman–Crippen MR) is 54.3 cm³/mol. The fourth-order valence-corrected chi connectivity index (χ4v) is 1.29. The summed E-state index contributed by atoms with van der Waals surface area (Å²) in [6.45, 7) is 2.34. The highest BCUT2D eigenvalue weighted by Crippen LogP contribution is 2.05. The highest BCUT2D eigenvalue weighted by molar-refractivity contribution is 7.16. The predicted octanol–water partition coefficient (Wildman–Crippen LogP) is 2.38. The Kier molecular flexibility index (Phi) is 8.92. The lowest BCUT2D eigenvalue weighted by Gasteiger charge is -2.00. The number of carbonyl (C=O) groups excluding carboxylic acids is 1. The third-order valence-electron chi connectivity index (χ3n) is 1.64. The molecule has 0 aliphatic heterocycles. The number of hydrogen-bond acceptors (Lipinski definition) is 2. The van der Waals surface area contributed by atoms with E-state index in [0.717, 1.165) is 12.8 Å². The molecule has 0 aliphatic carbocycles. The second-order valence-electron chi connectivity index (χ2n) is 2.76. The standard InChI is InChI=1S/C9H19O2P/c1-2-11-9(10)7-5-3-4-6-8-12/h2-8,12H2,1H3. The van der Waals surface area contributed by atoms with E-state index in [0.29, 0.717) is 13.0 Å². The average Bonchev–Trinajstić information content (AvgIpc) is 2.05. The number of carbonyl (C=O) groups is 1. The molecule has 0 aromatic carbocycles. The molecule has 0 fully saturated rings. The smallest absolute Gasteiger partial charge is 0.305 e. The van der Waals surface area contributed by atoms with Crippen LogP contribution in [0.25, 0.3) is 0 Å². The van der Waals surface area contributed by atoms with Crippen LogP contribution in [0, 0.1) is 0 Å². The van der Waals surface area contributed by atoms with Crippen molar-refractivity contribution < 1.29 is 9.53 Å². The van der Waals surface area contributed by atoms with Crippen LogP contribution in [0.2, 0.25) is 0 Å². The van der Waals surface area contributed by atoms with E-state index >= 15 is 0 Å². The van der Waals surface area contributed by atoms with Gasteiger partial charge in [-0.25, -0.2) is 0 Å². The van der Waals surface area contributed by atoms with E-state index in [1.807, 2.05) is 6.92 Å². The summed E-state index contributed by atoms with van der Waals surface area (Å²) < 4.78 is 4.81. The Labute approximate surface area is 77.3 Å². The first-order chi connectivity index (χ1) is 5.81. The molecule has 72 valence electrons. The van der Waals surface area contributed by atoms with Crippen molar-refractivity contribution in [2.45, 2.75) is 39.0 Å². The number of rotatable bonds is 7. The van der Waals surface area contributed by atoms with Crippen LogP contribution in [0.1, 0.15) is 39.0 Å². The highest BCUT2D eigenvalue weighted by Gasteiger charge is 1.99. The minimum absolute atomic E-state index is 0.0524. The van der Waals surface area contributed by atoms with Crippen LogP contribution >= 0.6 is 9.24 Å². The summed E-state index contributed by atoms with van der Waals surface area (Å²) in [6.07, 6.45) is 6.34. The molecule has 0 aromatic rings. The minimum atomic E-state index is -0.0524. The highest BCUT2D eigenvalue weighted by atomic mass is 31.0. The summed E-state index contributed by atoms with van der Waals surface area (Å²) in [7, 11) is 2.71. The maximum absolute atomic E-state index is 10.8. The Hall–Kier alpha value is -0.100. The van der Waals surface area contributed by atoms with Crippen LogP contribution in [0.5, 0.6) is 0 Å². The summed E-state index contributed by atoms with van der Waals surface area (Å²) in [5.41, 5.74) is 0. The van der Waals surface area contributed by atoms with Crippen molar-refractivity contribution in [1.29, 1.82) is 0 Å². The van der Waals surface area contributed by atoms with Gasteiger partial charge in [-0.1, -0.05) is 12.8 Å². The van der Waals surface area contributed by atoms with Gasteiger partial charge < -0.3 is 4.74 Å². The zero-order valence-electron chi connectivity index (χ0n) is 7.84. The Morgan fingerprint density at radius 2 is 1.92 bits per heavy atom. The fourth-order valence-electron chi connectivity index (χ4n) is 1.00. The van der Waals surface area contributed by atoms with Gasteiger partial charge in [0, 0.05) is 6.42 Å². The Morgan fingerprint density at radius 3 is 2.50 bits per heavy atom. The normalized spacial score (nSPS) is 9.83. The summed E-state index contributed by atoms with van der Waals surface area (Å²) in [5, 5.41) is 0. The fraction of sp³-hybridized carbons (Fsp3) is 0.889. The quantitative estimate of drug-likeness (QED) is 0.350. The molecule has 12 heavy (non-hydrogen) atoms. The van der Waals surface area contributed by atoms with Crippen LogP contribution < -0.4 is 0 Å². The van der Waals surface area contributed by atoms with Gasteiger partial charge in [-0.15, -0.1) is 9.24 Å². The van der Waals surface area contributed by atoms with E-state index in [2.05, 4.69) is 9.24 Å². The molecule has 0 amide bonds. The van der Waals surface area contributed by atoms with E-state index in [1.165, 1.54) is 19.0 Å². The van der Waals surface area contributed by atoms with Crippen LogP contribution in [0.4, 0.5) is 0 Å². The van der Waals surface area contributed by atoms with E-state index < -0.39 is 0 Å². The van der Waals surface area contributed by atoms with E-state index in [-0.39, 0.29) is 5.97 Å². The van der Waals surface area contributed by atoms with Crippen molar-refractivity contribution in [3.05, 3.63) is 0 Å². The van der Waals surface area contributed by atoms with Gasteiger partial charge >= 0.3 is 5.97 Å². The first kappa shape index (κ1) is 11.9. The van der Waals surface area contributed by atoms with Crippen LogP contribution in [0.15, 0.2) is 0 Å². The summed E-state index contributed by atoms with van der Waals surface area (Å²) >= 11 is 0. The van der Waals surface area contributed by atoms with Crippen molar-refractivity contribution >= 4 is 15.2 Å². The summed E-state index contributed by atoms with van der Waals surface area (Å²) in [4.78, 5) is 10.8. The molecule has 0 saturated heterocycles. The summed E-state index contributed by atoms with van der Waals surface area (Å²) in [6, 6.07) is 0. The molecule has 0 heterocycles. The van der Waals surface area contributed by atoms with Crippen LogP contribution in [0.3, 0.4) is 0 Å². The lowest BCUT2D eigenvalue weighted by molar-refractivity contribution is -0.143. The molecule has 0 aliphatic rings. The Bertz CT molecular complexity index is 115. The number of unbranched alkanes of at least 4 members (excludes halogenated alkanes) is 3. The molecule has 0 radical (unpaired) electrons. The molecule has 3 heteroatoms. The molecule has 0 N–H and O–H groups in total. The van der Waals surface area contributed by atoms with Crippen molar-refractivity contribution in [1.82, 2.24) is 0 Å². The Balaban J connectivity index is 3.03. The van der Waals surface area contributed by atoms with Gasteiger partial charge in [0.1, 0.15) is 0 Å². The van der Waals surface area contributed by atoms with Crippen LogP contribution in [-0.2, 0) is 9.53 Å². The Morgan fingerprint density at radius 1 is 1.25 bits per heavy atom. The second-order valence-corrected chi connectivity index (χ2v) is 3.34.